The molecule has 2 amide bonds. The quantitative estimate of drug-likeness (QED) is 0.589. The van der Waals surface area contributed by atoms with Crippen molar-refractivity contribution in [2.75, 3.05) is 10.6 Å². The number of nitro benzene ring substituents is 2. The highest BCUT2D eigenvalue weighted by molar-refractivity contribution is 5.92. The van der Waals surface area contributed by atoms with E-state index in [0.717, 1.165) is 0 Å². The van der Waals surface area contributed by atoms with Gasteiger partial charge in [0.2, 0.25) is 11.8 Å². The Morgan fingerprint density at radius 1 is 0.815 bits per heavy atom. The summed E-state index contributed by atoms with van der Waals surface area (Å²) in [7, 11) is 0. The van der Waals surface area contributed by atoms with Gasteiger partial charge in [-0.3, -0.25) is 29.8 Å². The molecule has 0 spiro atoms. The van der Waals surface area contributed by atoms with Gasteiger partial charge in [-0.1, -0.05) is 12.1 Å². The molecule has 140 valence electrons. The molecule has 0 heterocycles. The molecule has 0 saturated heterocycles. The van der Waals surface area contributed by atoms with Crippen LogP contribution in [0.1, 0.15) is 25.0 Å². The maximum atomic E-state index is 11.2. The Morgan fingerprint density at radius 2 is 1.19 bits per heavy atom. The summed E-state index contributed by atoms with van der Waals surface area (Å²) in [5.41, 5.74) is 0.681. The van der Waals surface area contributed by atoms with Crippen LogP contribution in [0.15, 0.2) is 36.4 Å². The van der Waals surface area contributed by atoms with Crippen molar-refractivity contribution in [3.63, 3.8) is 0 Å². The van der Waals surface area contributed by atoms with Crippen molar-refractivity contribution in [1.82, 2.24) is 0 Å². The zero-order chi connectivity index (χ0) is 20.1. The third-order valence-electron chi connectivity index (χ3n) is 3.55. The van der Waals surface area contributed by atoms with Gasteiger partial charge in [-0.25, -0.2) is 0 Å². The molecular formula is C17H16N4O6. The summed E-state index contributed by atoms with van der Waals surface area (Å²) < 4.78 is 0. The molecule has 27 heavy (non-hydrogen) atoms. The largest absolute Gasteiger partial charge is 0.321 e. The van der Waals surface area contributed by atoms with Crippen LogP contribution in [-0.4, -0.2) is 21.7 Å². The van der Waals surface area contributed by atoms with Crippen LogP contribution in [0, 0.1) is 20.2 Å². The molecule has 10 heteroatoms. The number of amides is 2. The van der Waals surface area contributed by atoms with Gasteiger partial charge in [-0.05, 0) is 29.7 Å². The lowest BCUT2D eigenvalue weighted by atomic mass is 10.0. The van der Waals surface area contributed by atoms with Gasteiger partial charge in [-0.15, -0.1) is 0 Å². The number of carbonyl (C=O) groups excluding carboxylic acids is 2. The molecule has 2 N–H and O–H groups in total. The van der Waals surface area contributed by atoms with E-state index in [9.17, 15) is 29.8 Å². The van der Waals surface area contributed by atoms with E-state index in [0.29, 0.717) is 11.1 Å². The van der Waals surface area contributed by atoms with E-state index >= 15 is 0 Å². The van der Waals surface area contributed by atoms with Crippen LogP contribution >= 0.6 is 0 Å². The second-order valence-electron chi connectivity index (χ2n) is 5.76. The van der Waals surface area contributed by atoms with Crippen molar-refractivity contribution in [2.24, 2.45) is 0 Å². The average Bonchev–Trinajstić information content (AvgIpc) is 2.56. The summed E-state index contributed by atoms with van der Waals surface area (Å²) in [6, 6.07) is 8.61. The molecule has 0 aromatic heterocycles. The van der Waals surface area contributed by atoms with E-state index < -0.39 is 21.7 Å². The maximum absolute atomic E-state index is 11.2. The predicted octanol–water partition coefficient (Wildman–Crippen LogP) is 3.01. The molecule has 0 fully saturated rings. The van der Waals surface area contributed by atoms with E-state index in [1.165, 1.54) is 38.1 Å². The number of rotatable bonds is 6. The first-order valence-corrected chi connectivity index (χ1v) is 7.77. The normalized spacial score (nSPS) is 10.1. The Morgan fingerprint density at radius 3 is 1.48 bits per heavy atom. The van der Waals surface area contributed by atoms with Gasteiger partial charge in [0, 0.05) is 26.0 Å². The molecule has 0 radical (unpaired) electrons. The molecule has 2 aromatic rings. The lowest BCUT2D eigenvalue weighted by Gasteiger charge is -2.08. The summed E-state index contributed by atoms with van der Waals surface area (Å²) in [6.07, 6.45) is 0.197. The van der Waals surface area contributed by atoms with Crippen molar-refractivity contribution in [2.45, 2.75) is 20.3 Å². The second-order valence-corrected chi connectivity index (χ2v) is 5.76. The van der Waals surface area contributed by atoms with Crippen molar-refractivity contribution < 1.29 is 19.4 Å². The third kappa shape index (κ3) is 5.08. The highest BCUT2D eigenvalue weighted by atomic mass is 16.6. The molecule has 0 unspecified atom stereocenters. The van der Waals surface area contributed by atoms with Gasteiger partial charge in [0.05, 0.1) is 9.85 Å². The van der Waals surface area contributed by atoms with Crippen LogP contribution in [0.5, 0.6) is 0 Å². The van der Waals surface area contributed by atoms with Crippen LogP contribution < -0.4 is 10.6 Å². The van der Waals surface area contributed by atoms with Crippen LogP contribution in [0.25, 0.3) is 0 Å². The Labute approximate surface area is 153 Å². The van der Waals surface area contributed by atoms with Crippen molar-refractivity contribution >= 4 is 34.6 Å². The maximum Gasteiger partial charge on any atom is 0.293 e. The lowest BCUT2D eigenvalue weighted by Crippen LogP contribution is -2.09. The average molecular weight is 372 g/mol. The summed E-state index contributed by atoms with van der Waals surface area (Å²) in [4.78, 5) is 43.5. The second kappa shape index (κ2) is 8.04. The van der Waals surface area contributed by atoms with Crippen LogP contribution in [0.4, 0.5) is 22.7 Å². The fraction of sp³-hybridized carbons (Fsp3) is 0.176. The van der Waals surface area contributed by atoms with Gasteiger partial charge in [0.15, 0.2) is 0 Å². The van der Waals surface area contributed by atoms with Gasteiger partial charge in [-0.2, -0.15) is 0 Å². The number of hydrogen-bond acceptors (Lipinski definition) is 6. The molecule has 0 aliphatic heterocycles. The third-order valence-corrected chi connectivity index (χ3v) is 3.55. The van der Waals surface area contributed by atoms with Gasteiger partial charge >= 0.3 is 0 Å². The Kier molecular flexibility index (Phi) is 5.81. The minimum atomic E-state index is -0.614. The van der Waals surface area contributed by atoms with E-state index in [1.807, 2.05) is 0 Å². The summed E-state index contributed by atoms with van der Waals surface area (Å²) in [6.45, 7) is 2.49. The van der Waals surface area contributed by atoms with Crippen LogP contribution in [0.3, 0.4) is 0 Å². The van der Waals surface area contributed by atoms with Crippen molar-refractivity contribution in [3.05, 3.63) is 67.8 Å². The van der Waals surface area contributed by atoms with Crippen molar-refractivity contribution in [1.29, 1.82) is 0 Å². The molecule has 10 nitrogen and oxygen atoms in total. The summed E-state index contributed by atoms with van der Waals surface area (Å²) in [5.74, 6) is -0.870. The zero-order valence-corrected chi connectivity index (χ0v) is 14.5. The number of nitrogens with one attached hydrogen (secondary N) is 2. The predicted molar refractivity (Wildman–Crippen MR) is 97.6 cm³/mol. The number of nitro groups is 2. The molecule has 0 saturated carbocycles. The minimum absolute atomic E-state index is 0.0724. The van der Waals surface area contributed by atoms with E-state index in [4.69, 9.17) is 0 Å². The first-order chi connectivity index (χ1) is 12.7. The molecule has 2 rings (SSSR count). The van der Waals surface area contributed by atoms with Gasteiger partial charge in [0.25, 0.3) is 11.4 Å². The molecule has 2 aromatic carbocycles. The minimum Gasteiger partial charge on any atom is -0.321 e. The van der Waals surface area contributed by atoms with Crippen LogP contribution in [0.2, 0.25) is 0 Å². The SMILES string of the molecule is CC(=O)Nc1ccc(Cc2ccc(NC(C)=O)c([N+](=O)[O-])c2)cc1[N+](=O)[O-]. The number of nitrogens with zero attached hydrogens (tertiary/aromatic N) is 2. The zero-order valence-electron chi connectivity index (χ0n) is 14.5. The monoisotopic (exact) mass is 372 g/mol. The molecule has 0 aliphatic carbocycles. The smallest absolute Gasteiger partial charge is 0.293 e. The summed E-state index contributed by atoms with van der Waals surface area (Å²) >= 11 is 0. The molecule has 0 aliphatic rings. The topological polar surface area (TPSA) is 144 Å². The standard InChI is InChI=1S/C17H16N4O6/c1-10(22)18-14-5-3-12(8-16(14)20(24)25)7-13-4-6-15(19-11(2)23)17(9-13)21(26)27/h3-6,8-9H,7H2,1-2H3,(H,18,22)(H,19,23). The van der Waals surface area contributed by atoms with E-state index in [-0.39, 0.29) is 29.2 Å². The Hall–Kier alpha value is -3.82. The van der Waals surface area contributed by atoms with Crippen molar-refractivity contribution in [3.8, 4) is 0 Å². The van der Waals surface area contributed by atoms with E-state index in [2.05, 4.69) is 10.6 Å². The number of hydrogen-bond donors (Lipinski definition) is 2. The van der Waals surface area contributed by atoms with Gasteiger partial charge in [0.1, 0.15) is 11.4 Å². The first-order valence-electron chi connectivity index (χ1n) is 7.77. The number of benzene rings is 2. The Balaban J connectivity index is 2.36. The van der Waals surface area contributed by atoms with Gasteiger partial charge < -0.3 is 10.6 Å². The molecular weight excluding hydrogens is 356 g/mol. The number of carbonyl (C=O) groups is 2. The molecule has 0 atom stereocenters. The summed E-state index contributed by atoms with van der Waals surface area (Å²) in [5, 5.41) is 27.2. The Bertz CT molecular complexity index is 866. The van der Waals surface area contributed by atoms with Crippen LogP contribution in [-0.2, 0) is 16.0 Å². The number of anilines is 2. The highest BCUT2D eigenvalue weighted by Gasteiger charge is 2.18. The molecule has 0 bridgehead atoms. The fourth-order valence-corrected chi connectivity index (χ4v) is 2.50. The lowest BCUT2D eigenvalue weighted by molar-refractivity contribution is -0.384. The highest BCUT2D eigenvalue weighted by Crippen LogP contribution is 2.29. The fourth-order valence-electron chi connectivity index (χ4n) is 2.50. The first kappa shape index (κ1) is 19.5. The van der Waals surface area contributed by atoms with E-state index in [1.54, 1.807) is 12.1 Å².